The number of ether oxygens (including phenoxy) is 1. The molecule has 0 amide bonds. The van der Waals surface area contributed by atoms with Gasteiger partial charge in [-0.05, 0) is 49.1 Å². The Morgan fingerprint density at radius 1 is 1.50 bits per heavy atom. The number of hydrogen-bond acceptors (Lipinski definition) is 4. The molecule has 0 bridgehead atoms. The molecule has 0 saturated heterocycles. The minimum atomic E-state index is 0.368. The number of nitrogens with one attached hydrogen (secondary N) is 1. The number of aryl methyl sites for hydroxylation is 2. The van der Waals surface area contributed by atoms with E-state index < -0.39 is 0 Å². The average molecular weight is 293 g/mol. The molecule has 0 saturated carbocycles. The highest BCUT2D eigenvalue weighted by atomic mass is 32.1. The molecule has 110 valence electrons. The highest BCUT2D eigenvalue weighted by Gasteiger charge is 2.10. The van der Waals surface area contributed by atoms with Crippen molar-refractivity contribution in [3.8, 4) is 0 Å². The van der Waals surface area contributed by atoms with Crippen LogP contribution in [-0.2, 0) is 17.7 Å². The van der Waals surface area contributed by atoms with Crippen LogP contribution in [0.2, 0.25) is 0 Å². The lowest BCUT2D eigenvalue weighted by Crippen LogP contribution is -2.20. The second-order valence-electron chi connectivity index (χ2n) is 5.13. The van der Waals surface area contributed by atoms with Crippen LogP contribution in [0, 0.1) is 6.92 Å². The van der Waals surface area contributed by atoms with Crippen LogP contribution in [0.3, 0.4) is 0 Å². The van der Waals surface area contributed by atoms with Crippen LogP contribution in [0.5, 0.6) is 0 Å². The minimum absolute atomic E-state index is 0.368. The fourth-order valence-electron chi connectivity index (χ4n) is 2.25. The molecule has 0 aliphatic rings. The van der Waals surface area contributed by atoms with Gasteiger partial charge in [0.15, 0.2) is 0 Å². The lowest BCUT2D eigenvalue weighted by atomic mass is 10.1. The summed E-state index contributed by atoms with van der Waals surface area (Å²) >= 11 is 1.75. The van der Waals surface area contributed by atoms with E-state index in [2.05, 4.69) is 44.8 Å². The molecule has 2 aromatic rings. The molecule has 20 heavy (non-hydrogen) atoms. The van der Waals surface area contributed by atoms with Crippen molar-refractivity contribution in [2.75, 3.05) is 19.0 Å². The third kappa shape index (κ3) is 4.35. The van der Waals surface area contributed by atoms with E-state index in [0.29, 0.717) is 6.04 Å². The first-order valence-electron chi connectivity index (χ1n) is 6.99. The molecular formula is C15H23N3OS. The Morgan fingerprint density at radius 2 is 2.35 bits per heavy atom. The summed E-state index contributed by atoms with van der Waals surface area (Å²) in [4.78, 5) is 4.57. The molecule has 0 fully saturated rings. The Bertz CT molecular complexity index is 507. The van der Waals surface area contributed by atoms with Gasteiger partial charge in [0.1, 0.15) is 0 Å². The minimum Gasteiger partial charge on any atom is -0.385 e. The summed E-state index contributed by atoms with van der Waals surface area (Å²) in [6, 6.07) is 2.55. The highest BCUT2D eigenvalue weighted by Crippen LogP contribution is 2.14. The second-order valence-corrected chi connectivity index (χ2v) is 5.91. The fourth-order valence-corrected chi connectivity index (χ4v) is 2.93. The number of hydrogen-bond donors (Lipinski definition) is 1. The molecule has 2 rings (SSSR count). The van der Waals surface area contributed by atoms with Gasteiger partial charge in [0, 0.05) is 32.5 Å². The van der Waals surface area contributed by atoms with E-state index >= 15 is 0 Å². The summed E-state index contributed by atoms with van der Waals surface area (Å²) in [6.07, 6.45) is 4.11. The van der Waals surface area contributed by atoms with Gasteiger partial charge in [-0.3, -0.25) is 0 Å². The maximum Gasteiger partial charge on any atom is 0.203 e. The molecule has 0 radical (unpaired) electrons. The number of imidazole rings is 1. The summed E-state index contributed by atoms with van der Waals surface area (Å²) in [7, 11) is 1.74. The van der Waals surface area contributed by atoms with Gasteiger partial charge < -0.3 is 14.6 Å². The van der Waals surface area contributed by atoms with Crippen LogP contribution in [0.15, 0.2) is 23.0 Å². The summed E-state index contributed by atoms with van der Waals surface area (Å²) in [5, 5.41) is 7.84. The molecule has 2 heterocycles. The largest absolute Gasteiger partial charge is 0.385 e. The maximum atomic E-state index is 5.11. The normalized spacial score (nSPS) is 12.6. The predicted octanol–water partition coefficient (Wildman–Crippen LogP) is 3.33. The monoisotopic (exact) mass is 293 g/mol. The van der Waals surface area contributed by atoms with E-state index in [0.717, 1.165) is 37.6 Å². The molecular weight excluding hydrogens is 270 g/mol. The van der Waals surface area contributed by atoms with Gasteiger partial charge in [0.2, 0.25) is 5.95 Å². The van der Waals surface area contributed by atoms with Crippen molar-refractivity contribution >= 4 is 17.3 Å². The summed E-state index contributed by atoms with van der Waals surface area (Å²) in [5.41, 5.74) is 2.43. The van der Waals surface area contributed by atoms with E-state index in [4.69, 9.17) is 4.74 Å². The molecule has 0 spiro atoms. The number of thiophene rings is 1. The van der Waals surface area contributed by atoms with Gasteiger partial charge in [-0.15, -0.1) is 0 Å². The van der Waals surface area contributed by atoms with Crippen molar-refractivity contribution in [1.82, 2.24) is 9.55 Å². The topological polar surface area (TPSA) is 39.1 Å². The van der Waals surface area contributed by atoms with Crippen LogP contribution < -0.4 is 5.32 Å². The molecule has 0 aliphatic heterocycles. The molecule has 1 unspecified atom stereocenters. The van der Waals surface area contributed by atoms with Crippen LogP contribution in [-0.4, -0.2) is 29.3 Å². The van der Waals surface area contributed by atoms with E-state index in [1.165, 1.54) is 5.56 Å². The van der Waals surface area contributed by atoms with Crippen molar-refractivity contribution in [2.45, 2.75) is 39.3 Å². The molecule has 1 N–H and O–H groups in total. The van der Waals surface area contributed by atoms with Crippen LogP contribution in [0.25, 0.3) is 0 Å². The van der Waals surface area contributed by atoms with Gasteiger partial charge in [-0.1, -0.05) is 0 Å². The maximum absolute atomic E-state index is 5.11. The molecule has 0 aromatic carbocycles. The zero-order valence-electron chi connectivity index (χ0n) is 12.4. The predicted molar refractivity (Wildman–Crippen MR) is 84.6 cm³/mol. The van der Waals surface area contributed by atoms with Crippen LogP contribution in [0.1, 0.15) is 24.6 Å². The third-order valence-electron chi connectivity index (χ3n) is 3.14. The first-order valence-corrected chi connectivity index (χ1v) is 7.93. The first-order chi connectivity index (χ1) is 9.69. The SMILES string of the molecule is COCCCn1cc(C)nc1NC(C)Cc1ccsc1. The lowest BCUT2D eigenvalue weighted by molar-refractivity contribution is 0.190. The lowest BCUT2D eigenvalue weighted by Gasteiger charge is -2.15. The second kappa shape index (κ2) is 7.45. The molecule has 0 aliphatic carbocycles. The fraction of sp³-hybridized carbons (Fsp3) is 0.533. The Labute approximate surface area is 124 Å². The Morgan fingerprint density at radius 3 is 3.05 bits per heavy atom. The van der Waals surface area contributed by atoms with Gasteiger partial charge in [-0.2, -0.15) is 11.3 Å². The van der Waals surface area contributed by atoms with Crippen molar-refractivity contribution in [1.29, 1.82) is 0 Å². The van der Waals surface area contributed by atoms with Gasteiger partial charge >= 0.3 is 0 Å². The van der Waals surface area contributed by atoms with E-state index in [-0.39, 0.29) is 0 Å². The van der Waals surface area contributed by atoms with Crippen molar-refractivity contribution < 1.29 is 4.74 Å². The van der Waals surface area contributed by atoms with Gasteiger partial charge in [0.05, 0.1) is 5.69 Å². The summed E-state index contributed by atoms with van der Waals surface area (Å²) in [5.74, 6) is 0.960. The zero-order chi connectivity index (χ0) is 14.4. The summed E-state index contributed by atoms with van der Waals surface area (Å²) < 4.78 is 7.29. The number of anilines is 1. The Balaban J connectivity index is 1.93. The van der Waals surface area contributed by atoms with Crippen molar-refractivity contribution in [2.24, 2.45) is 0 Å². The number of aromatic nitrogens is 2. The van der Waals surface area contributed by atoms with Crippen molar-refractivity contribution in [3.05, 3.63) is 34.3 Å². The standard InChI is InChI=1S/C15H23N3OS/c1-12(9-14-5-8-20-11-14)16-15-17-13(2)10-18(15)6-4-7-19-3/h5,8,10-12H,4,6-7,9H2,1-3H3,(H,16,17). The van der Waals surface area contributed by atoms with Crippen LogP contribution >= 0.6 is 11.3 Å². The first kappa shape index (κ1) is 15.1. The van der Waals surface area contributed by atoms with E-state index in [1.54, 1.807) is 18.4 Å². The summed E-state index contributed by atoms with van der Waals surface area (Å²) in [6.45, 7) is 5.94. The molecule has 4 nitrogen and oxygen atoms in total. The Hall–Kier alpha value is -1.33. The number of nitrogens with zero attached hydrogens (tertiary/aromatic N) is 2. The quantitative estimate of drug-likeness (QED) is 0.759. The molecule has 5 heteroatoms. The highest BCUT2D eigenvalue weighted by molar-refractivity contribution is 7.07. The van der Waals surface area contributed by atoms with Crippen LogP contribution in [0.4, 0.5) is 5.95 Å². The smallest absolute Gasteiger partial charge is 0.203 e. The van der Waals surface area contributed by atoms with E-state index in [1.807, 2.05) is 6.92 Å². The number of rotatable bonds is 8. The molecule has 1 atom stereocenters. The van der Waals surface area contributed by atoms with Gasteiger partial charge in [0.25, 0.3) is 0 Å². The van der Waals surface area contributed by atoms with E-state index in [9.17, 15) is 0 Å². The third-order valence-corrected chi connectivity index (χ3v) is 3.87. The van der Waals surface area contributed by atoms with Crippen molar-refractivity contribution in [3.63, 3.8) is 0 Å². The number of methoxy groups -OCH3 is 1. The zero-order valence-corrected chi connectivity index (χ0v) is 13.2. The van der Waals surface area contributed by atoms with Gasteiger partial charge in [-0.25, -0.2) is 4.98 Å². The Kier molecular flexibility index (Phi) is 5.61. The molecule has 2 aromatic heterocycles. The average Bonchev–Trinajstić information content (AvgIpc) is 3.00.